The van der Waals surface area contributed by atoms with Crippen LogP contribution in [0.2, 0.25) is 0 Å². The largest absolute Gasteiger partial charge is 0.478 e. The van der Waals surface area contributed by atoms with Gasteiger partial charge in [-0.05, 0) is 13.0 Å². The summed E-state index contributed by atoms with van der Waals surface area (Å²) in [6.45, 7) is 3.18. The van der Waals surface area contributed by atoms with Crippen LogP contribution in [0.3, 0.4) is 0 Å². The Morgan fingerprint density at radius 2 is 2.50 bits per heavy atom. The molecule has 0 amide bonds. The van der Waals surface area contributed by atoms with Gasteiger partial charge in [-0.25, -0.2) is 9.78 Å². The zero-order valence-electron chi connectivity index (χ0n) is 10.0. The predicted octanol–water partition coefficient (Wildman–Crippen LogP) is 1.35. The number of carboxylic acids is 1. The van der Waals surface area contributed by atoms with Gasteiger partial charge in [0.2, 0.25) is 0 Å². The molecular formula is C12H15N3O3. The van der Waals surface area contributed by atoms with E-state index in [0.717, 1.165) is 6.54 Å². The van der Waals surface area contributed by atoms with E-state index in [2.05, 4.69) is 10.3 Å². The number of aromatic carboxylic acids is 1. The van der Waals surface area contributed by atoms with Gasteiger partial charge in [0.05, 0.1) is 19.1 Å². The van der Waals surface area contributed by atoms with Crippen molar-refractivity contribution in [1.82, 2.24) is 14.9 Å². The molecule has 6 heteroatoms. The molecule has 0 aliphatic rings. The first-order valence-corrected chi connectivity index (χ1v) is 5.65. The highest BCUT2D eigenvalue weighted by Gasteiger charge is 2.13. The number of nitrogens with zero attached hydrogens (tertiary/aromatic N) is 2. The van der Waals surface area contributed by atoms with Gasteiger partial charge in [0.25, 0.3) is 0 Å². The second kappa shape index (κ2) is 5.50. The van der Waals surface area contributed by atoms with Gasteiger partial charge in [-0.2, -0.15) is 0 Å². The fourth-order valence-corrected chi connectivity index (χ4v) is 1.71. The van der Waals surface area contributed by atoms with Crippen LogP contribution in [-0.2, 0) is 13.1 Å². The van der Waals surface area contributed by atoms with Crippen LogP contribution in [0, 0.1) is 0 Å². The van der Waals surface area contributed by atoms with E-state index < -0.39 is 5.97 Å². The summed E-state index contributed by atoms with van der Waals surface area (Å²) >= 11 is 0. The molecule has 0 radical (unpaired) electrons. The molecule has 0 saturated carbocycles. The van der Waals surface area contributed by atoms with Crippen molar-refractivity contribution >= 4 is 5.97 Å². The first-order chi connectivity index (χ1) is 8.66. The fourth-order valence-electron chi connectivity index (χ4n) is 1.71. The van der Waals surface area contributed by atoms with E-state index in [-0.39, 0.29) is 11.6 Å². The zero-order valence-corrected chi connectivity index (χ0v) is 10.0. The van der Waals surface area contributed by atoms with Gasteiger partial charge in [-0.1, -0.05) is 0 Å². The zero-order chi connectivity index (χ0) is 13.0. The van der Waals surface area contributed by atoms with Crippen molar-refractivity contribution in [3.8, 4) is 0 Å². The SMILES string of the molecule is CC(Cn1ccnc1)NCc1occc1C(=O)O. The number of hydrogen-bond acceptors (Lipinski definition) is 4. The van der Waals surface area contributed by atoms with Crippen molar-refractivity contribution in [2.45, 2.75) is 26.1 Å². The van der Waals surface area contributed by atoms with E-state index in [1.807, 2.05) is 17.7 Å². The Balaban J connectivity index is 1.87. The Labute approximate surface area is 104 Å². The Bertz CT molecular complexity index is 504. The van der Waals surface area contributed by atoms with Gasteiger partial charge < -0.3 is 19.4 Å². The molecule has 0 aromatic carbocycles. The average molecular weight is 249 g/mol. The maximum absolute atomic E-state index is 10.9. The Morgan fingerprint density at radius 1 is 1.67 bits per heavy atom. The van der Waals surface area contributed by atoms with E-state index in [1.54, 1.807) is 12.5 Å². The van der Waals surface area contributed by atoms with Crippen LogP contribution in [0.1, 0.15) is 23.0 Å². The highest BCUT2D eigenvalue weighted by atomic mass is 16.4. The van der Waals surface area contributed by atoms with Crippen LogP contribution in [0.5, 0.6) is 0 Å². The van der Waals surface area contributed by atoms with Crippen molar-refractivity contribution in [2.24, 2.45) is 0 Å². The molecule has 0 fully saturated rings. The van der Waals surface area contributed by atoms with Crippen LogP contribution in [0.4, 0.5) is 0 Å². The maximum Gasteiger partial charge on any atom is 0.339 e. The molecular weight excluding hydrogens is 234 g/mol. The molecule has 2 aromatic heterocycles. The number of carboxylic acid groups (broad SMARTS) is 1. The standard InChI is InChI=1S/C12H15N3O3/c1-9(7-15-4-3-13-8-15)14-6-11-10(12(16)17)2-5-18-11/h2-5,8-9,14H,6-7H2,1H3,(H,16,17). The lowest BCUT2D eigenvalue weighted by Crippen LogP contribution is -2.29. The summed E-state index contributed by atoms with van der Waals surface area (Å²) in [5.41, 5.74) is 0.206. The van der Waals surface area contributed by atoms with Gasteiger partial charge in [0, 0.05) is 25.0 Å². The molecule has 0 spiro atoms. The number of carbonyl (C=O) groups is 1. The van der Waals surface area contributed by atoms with Crippen LogP contribution in [0.15, 0.2) is 35.5 Å². The molecule has 0 bridgehead atoms. The van der Waals surface area contributed by atoms with Crippen LogP contribution in [-0.4, -0.2) is 26.7 Å². The molecule has 2 N–H and O–H groups in total. The minimum Gasteiger partial charge on any atom is -0.478 e. The molecule has 2 aromatic rings. The minimum atomic E-state index is -0.970. The molecule has 1 atom stereocenters. The molecule has 2 rings (SSSR count). The molecule has 0 aliphatic heterocycles. The Kier molecular flexibility index (Phi) is 3.78. The fraction of sp³-hybridized carbons (Fsp3) is 0.333. The summed E-state index contributed by atoms with van der Waals surface area (Å²) in [5, 5.41) is 12.1. The van der Waals surface area contributed by atoms with Gasteiger partial charge in [-0.15, -0.1) is 0 Å². The van der Waals surface area contributed by atoms with Crippen molar-refractivity contribution in [3.63, 3.8) is 0 Å². The summed E-state index contributed by atoms with van der Waals surface area (Å²) in [5.74, 6) is -0.525. The third-order valence-electron chi connectivity index (χ3n) is 2.63. The van der Waals surface area contributed by atoms with E-state index in [9.17, 15) is 4.79 Å². The van der Waals surface area contributed by atoms with Gasteiger partial charge in [0.1, 0.15) is 11.3 Å². The lowest BCUT2D eigenvalue weighted by Gasteiger charge is -2.13. The third kappa shape index (κ3) is 2.98. The number of furan rings is 1. The van der Waals surface area contributed by atoms with Crippen molar-refractivity contribution in [2.75, 3.05) is 0 Å². The predicted molar refractivity (Wildman–Crippen MR) is 64.2 cm³/mol. The molecule has 0 aliphatic carbocycles. The first-order valence-electron chi connectivity index (χ1n) is 5.65. The number of hydrogen-bond donors (Lipinski definition) is 2. The lowest BCUT2D eigenvalue weighted by molar-refractivity contribution is 0.0694. The topological polar surface area (TPSA) is 80.3 Å². The maximum atomic E-state index is 10.9. The quantitative estimate of drug-likeness (QED) is 0.807. The minimum absolute atomic E-state index is 0.186. The average Bonchev–Trinajstić information content (AvgIpc) is 2.96. The number of nitrogens with one attached hydrogen (secondary N) is 1. The molecule has 1 unspecified atom stereocenters. The van der Waals surface area contributed by atoms with Crippen molar-refractivity contribution in [1.29, 1.82) is 0 Å². The lowest BCUT2D eigenvalue weighted by atomic mass is 10.2. The smallest absolute Gasteiger partial charge is 0.339 e. The van der Waals surface area contributed by atoms with Gasteiger partial charge >= 0.3 is 5.97 Å². The van der Waals surface area contributed by atoms with Gasteiger partial charge in [0.15, 0.2) is 0 Å². The molecule has 18 heavy (non-hydrogen) atoms. The molecule has 2 heterocycles. The third-order valence-corrected chi connectivity index (χ3v) is 2.63. The van der Waals surface area contributed by atoms with E-state index in [4.69, 9.17) is 9.52 Å². The van der Waals surface area contributed by atoms with E-state index in [0.29, 0.717) is 12.3 Å². The summed E-state index contributed by atoms with van der Waals surface area (Å²) in [6.07, 6.45) is 6.74. The Hall–Kier alpha value is -2.08. The monoisotopic (exact) mass is 249 g/mol. The molecule has 96 valence electrons. The number of imidazole rings is 1. The summed E-state index contributed by atoms with van der Waals surface area (Å²) in [6, 6.07) is 1.64. The highest BCUT2D eigenvalue weighted by Crippen LogP contribution is 2.10. The number of aromatic nitrogens is 2. The summed E-state index contributed by atoms with van der Waals surface area (Å²) in [7, 11) is 0. The van der Waals surface area contributed by atoms with Crippen LogP contribution < -0.4 is 5.32 Å². The van der Waals surface area contributed by atoms with Gasteiger partial charge in [-0.3, -0.25) is 0 Å². The summed E-state index contributed by atoms with van der Waals surface area (Å²) in [4.78, 5) is 14.8. The number of rotatable bonds is 6. The highest BCUT2D eigenvalue weighted by molar-refractivity contribution is 5.88. The normalized spacial score (nSPS) is 12.5. The summed E-state index contributed by atoms with van der Waals surface area (Å²) < 4.78 is 7.11. The molecule has 6 nitrogen and oxygen atoms in total. The van der Waals surface area contributed by atoms with Crippen LogP contribution in [0.25, 0.3) is 0 Å². The Morgan fingerprint density at radius 3 is 3.17 bits per heavy atom. The van der Waals surface area contributed by atoms with Crippen LogP contribution >= 0.6 is 0 Å². The first kappa shape index (κ1) is 12.4. The van der Waals surface area contributed by atoms with Crippen molar-refractivity contribution < 1.29 is 14.3 Å². The van der Waals surface area contributed by atoms with E-state index >= 15 is 0 Å². The van der Waals surface area contributed by atoms with E-state index in [1.165, 1.54) is 12.3 Å². The second-order valence-electron chi connectivity index (χ2n) is 4.10. The second-order valence-corrected chi connectivity index (χ2v) is 4.10. The van der Waals surface area contributed by atoms with Crippen molar-refractivity contribution in [3.05, 3.63) is 42.4 Å². The molecule has 0 saturated heterocycles.